The normalized spacial score (nSPS) is 10.5. The summed E-state index contributed by atoms with van der Waals surface area (Å²) < 4.78 is 16.8. The maximum Gasteiger partial charge on any atom is 0.269 e. The fourth-order valence-electron chi connectivity index (χ4n) is 3.13. The molecule has 10 heteroatoms. The lowest BCUT2D eigenvalue weighted by atomic mass is 10.1. The van der Waals surface area contributed by atoms with Gasteiger partial charge in [-0.2, -0.15) is 0 Å². The predicted octanol–water partition coefficient (Wildman–Crippen LogP) is 4.72. The van der Waals surface area contributed by atoms with Crippen LogP contribution in [0, 0.1) is 10.1 Å². The average molecular weight is 460 g/mol. The molecule has 4 rings (SSSR count). The van der Waals surface area contributed by atoms with E-state index in [0.717, 1.165) is 5.56 Å². The van der Waals surface area contributed by atoms with Crippen molar-refractivity contribution >= 4 is 11.6 Å². The van der Waals surface area contributed by atoms with Gasteiger partial charge in [0.25, 0.3) is 5.69 Å². The van der Waals surface area contributed by atoms with Gasteiger partial charge in [-0.3, -0.25) is 10.1 Å². The number of nitrogen functional groups attached to an aromatic ring is 1. The third-order valence-corrected chi connectivity index (χ3v) is 4.82. The third-order valence-electron chi connectivity index (χ3n) is 4.82. The number of methoxy groups -OCH3 is 1. The molecule has 10 nitrogen and oxygen atoms in total. The number of ether oxygens (including phenoxy) is 3. The van der Waals surface area contributed by atoms with Crippen LogP contribution in [0.5, 0.6) is 28.7 Å². The smallest absolute Gasteiger partial charge is 0.269 e. The number of nitro benzene ring substituents is 1. The van der Waals surface area contributed by atoms with Gasteiger partial charge in [-0.15, -0.1) is 0 Å². The van der Waals surface area contributed by atoms with Crippen LogP contribution < -0.4 is 19.9 Å². The quantitative estimate of drug-likeness (QED) is 0.282. The minimum atomic E-state index is -0.465. The van der Waals surface area contributed by atoms with Gasteiger partial charge >= 0.3 is 0 Å². The Balaban J connectivity index is 1.55. The molecule has 34 heavy (non-hydrogen) atoms. The van der Waals surface area contributed by atoms with Crippen LogP contribution in [0.1, 0.15) is 5.56 Å². The van der Waals surface area contributed by atoms with Gasteiger partial charge in [0.15, 0.2) is 5.75 Å². The topological polar surface area (TPSA) is 143 Å². The van der Waals surface area contributed by atoms with Crippen LogP contribution in [-0.4, -0.2) is 27.1 Å². The molecule has 0 atom stereocenters. The molecule has 0 aliphatic carbocycles. The molecule has 0 radical (unpaired) electrons. The van der Waals surface area contributed by atoms with Gasteiger partial charge in [0.2, 0.25) is 5.95 Å². The number of nitro groups is 1. The zero-order chi connectivity index (χ0) is 24.1. The number of phenols is 1. The fraction of sp³-hybridized carbons (Fsp3) is 0.0833. The summed E-state index contributed by atoms with van der Waals surface area (Å²) >= 11 is 0. The zero-order valence-electron chi connectivity index (χ0n) is 18.0. The van der Waals surface area contributed by atoms with Crippen LogP contribution in [0.2, 0.25) is 0 Å². The Kier molecular flexibility index (Phi) is 6.40. The Hall–Kier alpha value is -4.86. The molecule has 0 saturated heterocycles. The Bertz CT molecular complexity index is 1330. The summed E-state index contributed by atoms with van der Waals surface area (Å²) in [6, 6.07) is 17.8. The second kappa shape index (κ2) is 9.74. The second-order valence-electron chi connectivity index (χ2n) is 7.11. The van der Waals surface area contributed by atoms with Crippen LogP contribution >= 0.6 is 0 Å². The van der Waals surface area contributed by atoms with E-state index in [-0.39, 0.29) is 29.7 Å². The largest absolute Gasteiger partial charge is 0.507 e. The van der Waals surface area contributed by atoms with E-state index >= 15 is 0 Å². The number of hydrogen-bond donors (Lipinski definition) is 2. The highest BCUT2D eigenvalue weighted by Crippen LogP contribution is 2.38. The highest BCUT2D eigenvalue weighted by atomic mass is 16.6. The van der Waals surface area contributed by atoms with E-state index in [4.69, 9.17) is 19.9 Å². The molecule has 0 aliphatic rings. The van der Waals surface area contributed by atoms with Crippen LogP contribution in [0.25, 0.3) is 11.3 Å². The van der Waals surface area contributed by atoms with Gasteiger partial charge in [0.05, 0.1) is 18.2 Å². The molecule has 4 aromatic rings. The standard InChI is InChI=1S/C24H20N4O6/c1-32-17-3-2-4-19(11-17)34-22-13-26-24(25)27-23(22)20-10-9-18(12-21(20)29)33-14-15-5-7-16(8-6-15)28(30)31/h2-13,29H,14H2,1H3,(H2,25,26,27). The SMILES string of the molecule is COc1cccc(Oc2cnc(N)nc2-c2ccc(OCc3ccc([N+](=O)[O-])cc3)cc2O)c1. The molecular weight excluding hydrogens is 440 g/mol. The third kappa shape index (κ3) is 5.13. The van der Waals surface area contributed by atoms with Gasteiger partial charge < -0.3 is 25.1 Å². The van der Waals surface area contributed by atoms with Crippen molar-refractivity contribution in [1.29, 1.82) is 0 Å². The second-order valence-corrected chi connectivity index (χ2v) is 7.11. The number of aromatic nitrogens is 2. The zero-order valence-corrected chi connectivity index (χ0v) is 18.0. The van der Waals surface area contributed by atoms with E-state index in [1.165, 1.54) is 24.4 Å². The van der Waals surface area contributed by atoms with Crippen molar-refractivity contribution in [2.45, 2.75) is 6.61 Å². The minimum absolute atomic E-state index is 0.00170. The molecule has 172 valence electrons. The summed E-state index contributed by atoms with van der Waals surface area (Å²) in [5.74, 6) is 1.72. The first kappa shape index (κ1) is 22.3. The summed E-state index contributed by atoms with van der Waals surface area (Å²) in [6.45, 7) is 0.168. The van der Waals surface area contributed by atoms with E-state index in [9.17, 15) is 15.2 Å². The van der Waals surface area contributed by atoms with Crippen LogP contribution in [-0.2, 0) is 6.61 Å². The first-order valence-electron chi connectivity index (χ1n) is 10.1. The molecule has 0 unspecified atom stereocenters. The highest BCUT2D eigenvalue weighted by Gasteiger charge is 2.16. The average Bonchev–Trinajstić information content (AvgIpc) is 2.84. The minimum Gasteiger partial charge on any atom is -0.507 e. The van der Waals surface area contributed by atoms with Gasteiger partial charge in [0, 0.05) is 29.8 Å². The molecule has 0 bridgehead atoms. The molecule has 0 aliphatic heterocycles. The first-order valence-corrected chi connectivity index (χ1v) is 10.1. The van der Waals surface area contributed by atoms with Crippen LogP contribution in [0.4, 0.5) is 11.6 Å². The molecule has 1 heterocycles. The van der Waals surface area contributed by atoms with Crippen LogP contribution in [0.15, 0.2) is 72.9 Å². The summed E-state index contributed by atoms with van der Waals surface area (Å²) in [5, 5.41) is 21.4. The molecule has 3 aromatic carbocycles. The van der Waals surface area contributed by atoms with Crippen LogP contribution in [0.3, 0.4) is 0 Å². The number of non-ortho nitro benzene ring substituents is 1. The number of nitrogens with zero attached hydrogens (tertiary/aromatic N) is 3. The van der Waals surface area contributed by atoms with Crippen molar-refractivity contribution in [1.82, 2.24) is 9.97 Å². The van der Waals surface area contributed by atoms with E-state index in [2.05, 4.69) is 9.97 Å². The number of anilines is 1. The first-order chi connectivity index (χ1) is 16.4. The summed E-state index contributed by atoms with van der Waals surface area (Å²) in [5.41, 5.74) is 7.19. The summed E-state index contributed by atoms with van der Waals surface area (Å²) in [4.78, 5) is 18.5. The van der Waals surface area contributed by atoms with E-state index in [1.807, 2.05) is 0 Å². The van der Waals surface area contributed by atoms with Gasteiger partial charge in [-0.1, -0.05) is 6.07 Å². The van der Waals surface area contributed by atoms with Crippen molar-refractivity contribution < 1.29 is 24.2 Å². The molecule has 3 N–H and O–H groups in total. The van der Waals surface area contributed by atoms with Crippen molar-refractivity contribution in [3.05, 3.63) is 88.6 Å². The number of hydrogen-bond acceptors (Lipinski definition) is 9. The lowest BCUT2D eigenvalue weighted by molar-refractivity contribution is -0.384. The maximum absolute atomic E-state index is 10.8. The fourth-order valence-corrected chi connectivity index (χ4v) is 3.13. The lowest BCUT2D eigenvalue weighted by Gasteiger charge is -2.13. The maximum atomic E-state index is 10.8. The predicted molar refractivity (Wildman–Crippen MR) is 124 cm³/mol. The van der Waals surface area contributed by atoms with E-state index in [1.54, 1.807) is 55.6 Å². The van der Waals surface area contributed by atoms with Crippen molar-refractivity contribution in [2.24, 2.45) is 0 Å². The van der Waals surface area contributed by atoms with E-state index in [0.29, 0.717) is 28.5 Å². The van der Waals surface area contributed by atoms with Gasteiger partial charge in [0.1, 0.15) is 35.3 Å². The Morgan fingerprint density at radius 2 is 1.79 bits per heavy atom. The Labute approximate surface area is 194 Å². The number of benzene rings is 3. The van der Waals surface area contributed by atoms with Crippen molar-refractivity contribution in [3.63, 3.8) is 0 Å². The van der Waals surface area contributed by atoms with Crippen molar-refractivity contribution in [2.75, 3.05) is 12.8 Å². The Morgan fingerprint density at radius 1 is 1.03 bits per heavy atom. The highest BCUT2D eigenvalue weighted by molar-refractivity contribution is 5.73. The number of nitrogens with two attached hydrogens (primary N) is 1. The summed E-state index contributed by atoms with van der Waals surface area (Å²) in [7, 11) is 1.56. The number of aromatic hydroxyl groups is 1. The number of phenolic OH excluding ortho intramolecular Hbond substituents is 1. The van der Waals surface area contributed by atoms with Crippen molar-refractivity contribution in [3.8, 4) is 40.0 Å². The van der Waals surface area contributed by atoms with Gasteiger partial charge in [-0.25, -0.2) is 9.97 Å². The number of rotatable bonds is 8. The van der Waals surface area contributed by atoms with Gasteiger partial charge in [-0.05, 0) is 42.0 Å². The molecule has 0 spiro atoms. The monoisotopic (exact) mass is 460 g/mol. The molecule has 0 saturated carbocycles. The lowest BCUT2D eigenvalue weighted by Crippen LogP contribution is -2.00. The molecule has 1 aromatic heterocycles. The summed E-state index contributed by atoms with van der Waals surface area (Å²) in [6.07, 6.45) is 1.43. The molecular formula is C24H20N4O6. The molecule has 0 amide bonds. The molecule has 0 fully saturated rings. The van der Waals surface area contributed by atoms with E-state index < -0.39 is 4.92 Å². The Morgan fingerprint density at radius 3 is 2.50 bits per heavy atom.